The molecule has 1 aliphatic heterocycles. The number of halogens is 2. The molecule has 0 saturated carbocycles. The smallest absolute Gasteiger partial charge is 0.304 e. The average Bonchev–Trinajstić information content (AvgIpc) is 2.67. The molecule has 0 spiro atoms. The van der Waals surface area contributed by atoms with Gasteiger partial charge in [0.25, 0.3) is 0 Å². The van der Waals surface area contributed by atoms with Gasteiger partial charge < -0.3 is 14.6 Å². The number of nitrogens with zero attached hydrogens (tertiary/aromatic N) is 1. The average molecular weight is 424 g/mol. The molecule has 1 saturated heterocycles. The molecular weight excluding hydrogens is 401 g/mol. The third kappa shape index (κ3) is 5.61. The lowest BCUT2D eigenvalue weighted by Crippen LogP contribution is -2.39. The maximum Gasteiger partial charge on any atom is 0.304 e. The van der Waals surface area contributed by atoms with E-state index < -0.39 is 5.97 Å². The van der Waals surface area contributed by atoms with Crippen molar-refractivity contribution in [1.82, 2.24) is 4.90 Å². The summed E-state index contributed by atoms with van der Waals surface area (Å²) in [7, 11) is 0. The number of hydrogen-bond acceptors (Lipinski definition) is 4. The van der Waals surface area contributed by atoms with Gasteiger partial charge in [-0.2, -0.15) is 0 Å². The molecule has 1 unspecified atom stereocenters. The van der Waals surface area contributed by atoms with E-state index in [1.54, 1.807) is 18.2 Å². The van der Waals surface area contributed by atoms with E-state index in [1.807, 2.05) is 25.1 Å². The van der Waals surface area contributed by atoms with Gasteiger partial charge in [0.1, 0.15) is 12.4 Å². The summed E-state index contributed by atoms with van der Waals surface area (Å²) in [6.07, 6.45) is 0.0730. The minimum absolute atomic E-state index is 0.0704. The number of aliphatic carboxylic acids is 1. The zero-order valence-electron chi connectivity index (χ0n) is 15.7. The minimum atomic E-state index is -0.777. The Labute approximate surface area is 174 Å². The van der Waals surface area contributed by atoms with Gasteiger partial charge in [0.2, 0.25) is 0 Å². The van der Waals surface area contributed by atoms with E-state index in [0.717, 1.165) is 29.0 Å². The molecule has 150 valence electrons. The summed E-state index contributed by atoms with van der Waals surface area (Å²) in [6, 6.07) is 11.2. The molecule has 1 aliphatic rings. The van der Waals surface area contributed by atoms with Gasteiger partial charge in [-0.05, 0) is 48.4 Å². The van der Waals surface area contributed by atoms with Crippen LogP contribution in [0.4, 0.5) is 0 Å². The zero-order valence-corrected chi connectivity index (χ0v) is 17.2. The van der Waals surface area contributed by atoms with E-state index >= 15 is 0 Å². The van der Waals surface area contributed by atoms with Gasteiger partial charge >= 0.3 is 5.97 Å². The van der Waals surface area contributed by atoms with E-state index in [-0.39, 0.29) is 12.5 Å². The van der Waals surface area contributed by atoms with Crippen LogP contribution in [0.2, 0.25) is 10.0 Å². The molecule has 1 fully saturated rings. The van der Waals surface area contributed by atoms with E-state index in [4.69, 9.17) is 37.8 Å². The first kappa shape index (κ1) is 20.9. The molecule has 1 heterocycles. The van der Waals surface area contributed by atoms with Crippen molar-refractivity contribution in [3.05, 3.63) is 63.1 Å². The number of morpholine rings is 1. The molecule has 5 nitrogen and oxygen atoms in total. The summed E-state index contributed by atoms with van der Waals surface area (Å²) in [5.74, 6) is -0.0311. The number of carboxylic acid groups (broad SMARTS) is 1. The molecule has 0 amide bonds. The SMILES string of the molecule is Cc1cc(OCc2cc(Cl)ccc2Cl)ccc1C1CN(CCC(=O)O)CCO1. The first-order valence-electron chi connectivity index (χ1n) is 9.15. The lowest BCUT2D eigenvalue weighted by Gasteiger charge is -2.33. The number of aryl methyl sites for hydroxylation is 1. The summed E-state index contributed by atoms with van der Waals surface area (Å²) in [5.41, 5.74) is 2.99. The van der Waals surface area contributed by atoms with Crippen LogP contribution in [0.15, 0.2) is 36.4 Å². The van der Waals surface area contributed by atoms with Gasteiger partial charge in [-0.25, -0.2) is 0 Å². The van der Waals surface area contributed by atoms with Gasteiger partial charge in [0.15, 0.2) is 0 Å². The molecule has 2 aromatic rings. The summed E-state index contributed by atoms with van der Waals surface area (Å²) in [5, 5.41) is 10.1. The van der Waals surface area contributed by atoms with Crippen molar-refractivity contribution in [1.29, 1.82) is 0 Å². The number of benzene rings is 2. The van der Waals surface area contributed by atoms with Gasteiger partial charge in [-0.3, -0.25) is 9.69 Å². The molecule has 2 aromatic carbocycles. The van der Waals surface area contributed by atoms with Gasteiger partial charge in [0, 0.05) is 35.2 Å². The first-order chi connectivity index (χ1) is 13.4. The predicted octanol–water partition coefficient (Wildman–Crippen LogP) is 4.73. The Morgan fingerprint density at radius 2 is 2.11 bits per heavy atom. The summed E-state index contributed by atoms with van der Waals surface area (Å²) >= 11 is 12.2. The lowest BCUT2D eigenvalue weighted by atomic mass is 10.0. The van der Waals surface area contributed by atoms with Crippen LogP contribution in [-0.2, 0) is 16.1 Å². The number of rotatable bonds is 7. The third-order valence-electron chi connectivity index (χ3n) is 4.78. The van der Waals surface area contributed by atoms with Crippen molar-refractivity contribution in [2.75, 3.05) is 26.2 Å². The maximum atomic E-state index is 10.8. The van der Waals surface area contributed by atoms with Crippen molar-refractivity contribution in [2.24, 2.45) is 0 Å². The van der Waals surface area contributed by atoms with E-state index in [1.165, 1.54) is 0 Å². The fourth-order valence-electron chi connectivity index (χ4n) is 3.26. The monoisotopic (exact) mass is 423 g/mol. The highest BCUT2D eigenvalue weighted by molar-refractivity contribution is 6.33. The Hall–Kier alpha value is -1.79. The number of carboxylic acids is 1. The fourth-order valence-corrected chi connectivity index (χ4v) is 3.63. The normalized spacial score (nSPS) is 17.5. The Morgan fingerprint density at radius 3 is 2.86 bits per heavy atom. The lowest BCUT2D eigenvalue weighted by molar-refractivity contribution is -0.137. The molecular formula is C21H23Cl2NO4. The van der Waals surface area contributed by atoms with Crippen molar-refractivity contribution >= 4 is 29.2 Å². The summed E-state index contributed by atoms with van der Waals surface area (Å²) < 4.78 is 11.8. The van der Waals surface area contributed by atoms with Crippen LogP contribution >= 0.6 is 23.2 Å². The maximum absolute atomic E-state index is 10.8. The highest BCUT2D eigenvalue weighted by Crippen LogP contribution is 2.29. The molecule has 3 rings (SSSR count). The minimum Gasteiger partial charge on any atom is -0.489 e. The molecule has 0 bridgehead atoms. The van der Waals surface area contributed by atoms with Crippen molar-refractivity contribution in [3.8, 4) is 5.75 Å². The van der Waals surface area contributed by atoms with Crippen molar-refractivity contribution in [2.45, 2.75) is 26.1 Å². The fraction of sp³-hybridized carbons (Fsp3) is 0.381. The molecule has 7 heteroatoms. The Bertz CT molecular complexity index is 843. The van der Waals surface area contributed by atoms with Crippen LogP contribution in [0.3, 0.4) is 0 Å². The van der Waals surface area contributed by atoms with Gasteiger partial charge in [0.05, 0.1) is 19.1 Å². The van der Waals surface area contributed by atoms with E-state index in [2.05, 4.69) is 4.90 Å². The van der Waals surface area contributed by atoms with Crippen LogP contribution in [0.25, 0.3) is 0 Å². The summed E-state index contributed by atoms with van der Waals surface area (Å²) in [4.78, 5) is 12.9. The topological polar surface area (TPSA) is 59.0 Å². The van der Waals surface area contributed by atoms with Gasteiger partial charge in [-0.15, -0.1) is 0 Å². The second-order valence-electron chi connectivity index (χ2n) is 6.85. The second-order valence-corrected chi connectivity index (χ2v) is 7.69. The largest absolute Gasteiger partial charge is 0.489 e. The molecule has 0 radical (unpaired) electrons. The number of ether oxygens (including phenoxy) is 2. The Balaban J connectivity index is 1.63. The van der Waals surface area contributed by atoms with Crippen LogP contribution < -0.4 is 4.74 Å². The molecule has 28 heavy (non-hydrogen) atoms. The van der Waals surface area contributed by atoms with Crippen LogP contribution in [0, 0.1) is 6.92 Å². The predicted molar refractivity (Wildman–Crippen MR) is 109 cm³/mol. The third-order valence-corrected chi connectivity index (χ3v) is 5.39. The van der Waals surface area contributed by atoms with Crippen molar-refractivity contribution in [3.63, 3.8) is 0 Å². The zero-order chi connectivity index (χ0) is 20.1. The highest BCUT2D eigenvalue weighted by atomic mass is 35.5. The Morgan fingerprint density at radius 1 is 1.29 bits per heavy atom. The standard InChI is InChI=1S/C21H23Cl2NO4/c1-14-10-17(28-13-15-11-16(22)2-5-19(15)23)3-4-18(14)20-12-24(8-9-27-20)7-6-21(25)26/h2-5,10-11,20H,6-9,12-13H2,1H3,(H,25,26). The van der Waals surface area contributed by atoms with E-state index in [0.29, 0.717) is 36.3 Å². The van der Waals surface area contributed by atoms with Crippen LogP contribution in [-0.4, -0.2) is 42.2 Å². The van der Waals surface area contributed by atoms with E-state index in [9.17, 15) is 4.79 Å². The Kier molecular flexibility index (Phi) is 7.18. The van der Waals surface area contributed by atoms with Crippen LogP contribution in [0.5, 0.6) is 5.75 Å². The first-order valence-corrected chi connectivity index (χ1v) is 9.91. The van der Waals surface area contributed by atoms with Crippen molar-refractivity contribution < 1.29 is 19.4 Å². The van der Waals surface area contributed by atoms with Gasteiger partial charge in [-0.1, -0.05) is 29.3 Å². The highest BCUT2D eigenvalue weighted by Gasteiger charge is 2.23. The second kappa shape index (κ2) is 9.61. The molecule has 1 atom stereocenters. The number of hydrogen-bond donors (Lipinski definition) is 1. The molecule has 0 aromatic heterocycles. The molecule has 1 N–H and O–H groups in total. The number of carbonyl (C=O) groups is 1. The molecule has 0 aliphatic carbocycles. The quantitative estimate of drug-likeness (QED) is 0.697. The summed E-state index contributed by atoms with van der Waals surface area (Å²) in [6.45, 7) is 4.93. The van der Waals surface area contributed by atoms with Crippen LogP contribution in [0.1, 0.15) is 29.2 Å².